The van der Waals surface area contributed by atoms with Crippen molar-refractivity contribution in [2.45, 2.75) is 32.2 Å². The van der Waals surface area contributed by atoms with E-state index >= 15 is 0 Å². The molecular formula is C12H17NO2. The first-order valence-corrected chi connectivity index (χ1v) is 5.47. The highest BCUT2D eigenvalue weighted by Crippen LogP contribution is 2.27. The van der Waals surface area contributed by atoms with E-state index in [2.05, 4.69) is 6.92 Å². The minimum atomic E-state index is 0.182. The second kappa shape index (κ2) is 4.21. The van der Waals surface area contributed by atoms with E-state index in [9.17, 15) is 10.3 Å². The van der Waals surface area contributed by atoms with E-state index in [1.54, 1.807) is 12.1 Å². The summed E-state index contributed by atoms with van der Waals surface area (Å²) in [6.45, 7) is 2.77. The Morgan fingerprint density at radius 1 is 1.33 bits per heavy atom. The molecule has 0 spiro atoms. The maximum Gasteiger partial charge on any atom is 0.115 e. The molecule has 0 aromatic heterocycles. The van der Waals surface area contributed by atoms with Crippen LogP contribution < -0.4 is 0 Å². The zero-order valence-electron chi connectivity index (χ0n) is 8.98. The van der Waals surface area contributed by atoms with Gasteiger partial charge in [0.2, 0.25) is 0 Å². The van der Waals surface area contributed by atoms with Crippen LogP contribution in [0.4, 0.5) is 0 Å². The summed E-state index contributed by atoms with van der Waals surface area (Å²) < 4.78 is 0. The van der Waals surface area contributed by atoms with Crippen molar-refractivity contribution in [2.75, 3.05) is 6.54 Å². The van der Waals surface area contributed by atoms with Gasteiger partial charge in [0.05, 0.1) is 0 Å². The summed E-state index contributed by atoms with van der Waals surface area (Å²) in [5.41, 5.74) is 2.41. The van der Waals surface area contributed by atoms with Crippen LogP contribution in [0.15, 0.2) is 18.2 Å². The number of nitrogens with zero attached hydrogens (tertiary/aromatic N) is 1. The van der Waals surface area contributed by atoms with E-state index < -0.39 is 0 Å². The third-order valence-corrected chi connectivity index (χ3v) is 2.98. The Balaban J connectivity index is 2.08. The number of benzene rings is 1. The smallest absolute Gasteiger partial charge is 0.115 e. The Labute approximate surface area is 89.9 Å². The fourth-order valence-corrected chi connectivity index (χ4v) is 2.20. The van der Waals surface area contributed by atoms with Gasteiger partial charge in [0.15, 0.2) is 0 Å². The van der Waals surface area contributed by atoms with E-state index in [4.69, 9.17) is 0 Å². The molecule has 0 radical (unpaired) electrons. The molecule has 0 amide bonds. The Hall–Kier alpha value is -1.06. The first kappa shape index (κ1) is 10.5. The highest BCUT2D eigenvalue weighted by Gasteiger charge is 2.25. The largest absolute Gasteiger partial charge is 0.508 e. The van der Waals surface area contributed by atoms with Gasteiger partial charge in [-0.1, -0.05) is 13.0 Å². The van der Waals surface area contributed by atoms with Crippen molar-refractivity contribution in [3.05, 3.63) is 29.3 Å². The van der Waals surface area contributed by atoms with E-state index in [1.807, 2.05) is 6.07 Å². The zero-order chi connectivity index (χ0) is 10.8. The van der Waals surface area contributed by atoms with Crippen molar-refractivity contribution in [3.63, 3.8) is 0 Å². The van der Waals surface area contributed by atoms with Gasteiger partial charge in [-0.2, -0.15) is 5.06 Å². The lowest BCUT2D eigenvalue weighted by Crippen LogP contribution is -2.33. The number of hydrogen-bond acceptors (Lipinski definition) is 3. The van der Waals surface area contributed by atoms with Gasteiger partial charge < -0.3 is 10.3 Å². The molecule has 0 saturated carbocycles. The van der Waals surface area contributed by atoms with E-state index in [1.165, 1.54) is 10.6 Å². The minimum Gasteiger partial charge on any atom is -0.508 e. The molecule has 15 heavy (non-hydrogen) atoms. The molecule has 1 aromatic rings. The summed E-state index contributed by atoms with van der Waals surface area (Å²) in [5, 5.41) is 20.5. The van der Waals surface area contributed by atoms with Gasteiger partial charge in [0.1, 0.15) is 5.75 Å². The number of rotatable bonds is 3. The van der Waals surface area contributed by atoms with Crippen LogP contribution in [0.5, 0.6) is 5.75 Å². The van der Waals surface area contributed by atoms with Crippen molar-refractivity contribution in [2.24, 2.45) is 0 Å². The second-order valence-electron chi connectivity index (χ2n) is 4.18. The molecule has 2 rings (SSSR count). The van der Waals surface area contributed by atoms with Crippen molar-refractivity contribution >= 4 is 0 Å². The van der Waals surface area contributed by atoms with Crippen LogP contribution >= 0.6 is 0 Å². The van der Waals surface area contributed by atoms with Gasteiger partial charge in [0, 0.05) is 12.6 Å². The molecule has 1 atom stereocenters. The molecule has 0 heterocycles. The SMILES string of the molecule is CCCN(O)C1Cc2ccc(O)cc2C1. The fourth-order valence-electron chi connectivity index (χ4n) is 2.20. The zero-order valence-corrected chi connectivity index (χ0v) is 8.98. The summed E-state index contributed by atoms with van der Waals surface area (Å²) in [7, 11) is 0. The minimum absolute atomic E-state index is 0.182. The molecule has 1 aromatic carbocycles. The maximum atomic E-state index is 9.76. The average molecular weight is 207 g/mol. The third kappa shape index (κ3) is 2.13. The summed E-state index contributed by atoms with van der Waals surface area (Å²) >= 11 is 0. The third-order valence-electron chi connectivity index (χ3n) is 2.98. The summed E-state index contributed by atoms with van der Waals surface area (Å²) in [5.74, 6) is 0.314. The van der Waals surface area contributed by atoms with Crippen LogP contribution in [-0.2, 0) is 12.8 Å². The fraction of sp³-hybridized carbons (Fsp3) is 0.500. The predicted molar refractivity (Wildman–Crippen MR) is 58.1 cm³/mol. The monoisotopic (exact) mass is 207 g/mol. The summed E-state index contributed by atoms with van der Waals surface area (Å²) in [6.07, 6.45) is 2.67. The topological polar surface area (TPSA) is 43.7 Å². The van der Waals surface area contributed by atoms with Gasteiger partial charge >= 0.3 is 0 Å². The molecule has 1 aliphatic rings. The van der Waals surface area contributed by atoms with Crippen LogP contribution in [0.3, 0.4) is 0 Å². The number of phenols is 1. The molecule has 82 valence electrons. The molecule has 3 nitrogen and oxygen atoms in total. The quantitative estimate of drug-likeness (QED) is 0.745. The first-order chi connectivity index (χ1) is 7.20. The molecule has 0 bridgehead atoms. The highest BCUT2D eigenvalue weighted by atomic mass is 16.5. The van der Waals surface area contributed by atoms with Crippen LogP contribution in [-0.4, -0.2) is 28.0 Å². The van der Waals surface area contributed by atoms with Gasteiger partial charge in [-0.3, -0.25) is 0 Å². The maximum absolute atomic E-state index is 9.76. The average Bonchev–Trinajstić information content (AvgIpc) is 2.60. The Morgan fingerprint density at radius 3 is 2.80 bits per heavy atom. The highest BCUT2D eigenvalue weighted by molar-refractivity contribution is 5.39. The van der Waals surface area contributed by atoms with E-state index in [-0.39, 0.29) is 6.04 Å². The Bertz CT molecular complexity index is 351. The summed E-state index contributed by atoms with van der Waals surface area (Å²) in [4.78, 5) is 0. The number of phenolic OH excluding ortho intramolecular Hbond substituents is 1. The van der Waals surface area contributed by atoms with Gasteiger partial charge in [0.25, 0.3) is 0 Å². The van der Waals surface area contributed by atoms with E-state index in [0.717, 1.165) is 24.8 Å². The van der Waals surface area contributed by atoms with Crippen LogP contribution in [0, 0.1) is 0 Å². The van der Waals surface area contributed by atoms with E-state index in [0.29, 0.717) is 12.3 Å². The lowest BCUT2D eigenvalue weighted by Gasteiger charge is -2.20. The molecule has 1 unspecified atom stereocenters. The lowest BCUT2D eigenvalue weighted by atomic mass is 10.1. The van der Waals surface area contributed by atoms with Crippen molar-refractivity contribution in [1.29, 1.82) is 0 Å². The number of hydroxylamine groups is 2. The van der Waals surface area contributed by atoms with Gasteiger partial charge in [-0.15, -0.1) is 0 Å². The van der Waals surface area contributed by atoms with Crippen LogP contribution in [0.25, 0.3) is 0 Å². The normalized spacial score (nSPS) is 19.5. The molecule has 3 heteroatoms. The second-order valence-corrected chi connectivity index (χ2v) is 4.18. The number of aromatic hydroxyl groups is 1. The van der Waals surface area contributed by atoms with Gasteiger partial charge in [-0.25, -0.2) is 0 Å². The molecule has 0 saturated heterocycles. The predicted octanol–water partition coefficient (Wildman–Crippen LogP) is 1.96. The van der Waals surface area contributed by atoms with Crippen molar-refractivity contribution in [1.82, 2.24) is 5.06 Å². The number of hydrogen-bond donors (Lipinski definition) is 2. The first-order valence-electron chi connectivity index (χ1n) is 5.47. The molecule has 0 fully saturated rings. The van der Waals surface area contributed by atoms with Crippen molar-refractivity contribution in [3.8, 4) is 5.75 Å². The Kier molecular flexibility index (Phi) is 2.93. The Morgan fingerprint density at radius 2 is 2.07 bits per heavy atom. The summed E-state index contributed by atoms with van der Waals surface area (Å²) in [6, 6.07) is 5.64. The molecule has 2 N–H and O–H groups in total. The standard InChI is InChI=1S/C12H17NO2/c1-2-5-13(15)11-6-9-3-4-12(14)8-10(9)7-11/h3-4,8,11,14-15H,2,5-7H2,1H3. The molecular weight excluding hydrogens is 190 g/mol. The van der Waals surface area contributed by atoms with Crippen LogP contribution in [0.2, 0.25) is 0 Å². The van der Waals surface area contributed by atoms with Crippen molar-refractivity contribution < 1.29 is 10.3 Å². The molecule has 1 aliphatic carbocycles. The van der Waals surface area contributed by atoms with Gasteiger partial charge in [-0.05, 0) is 42.5 Å². The lowest BCUT2D eigenvalue weighted by molar-refractivity contribution is -0.123. The van der Waals surface area contributed by atoms with Crippen LogP contribution in [0.1, 0.15) is 24.5 Å². The molecule has 0 aliphatic heterocycles. The number of fused-ring (bicyclic) bond motifs is 1.